The van der Waals surface area contributed by atoms with Gasteiger partial charge >= 0.3 is 0 Å². The Labute approximate surface area is 177 Å². The molecule has 0 heterocycles. The normalized spacial score (nSPS) is 30.3. The van der Waals surface area contributed by atoms with Crippen molar-refractivity contribution < 1.29 is 15.3 Å². The van der Waals surface area contributed by atoms with Gasteiger partial charge in [0.2, 0.25) is 0 Å². The first-order valence-electron chi connectivity index (χ1n) is 10.9. The van der Waals surface area contributed by atoms with E-state index < -0.39 is 11.7 Å². The number of aryl methyl sites for hydroxylation is 1. The number of aliphatic hydroxyl groups excluding tert-OH is 1. The maximum atomic E-state index is 11.8. The summed E-state index contributed by atoms with van der Waals surface area (Å²) in [6, 6.07) is 25.6. The summed E-state index contributed by atoms with van der Waals surface area (Å²) in [7, 11) is 0. The molecule has 0 radical (unpaired) electrons. The lowest BCUT2D eigenvalue weighted by Crippen LogP contribution is -2.54. The highest BCUT2D eigenvalue weighted by atomic mass is 16.3. The van der Waals surface area contributed by atoms with Gasteiger partial charge in [0.25, 0.3) is 0 Å². The Kier molecular flexibility index (Phi) is 4.88. The molecular weight excluding hydrogens is 372 g/mol. The van der Waals surface area contributed by atoms with Gasteiger partial charge < -0.3 is 15.3 Å². The van der Waals surface area contributed by atoms with Crippen LogP contribution in [0.15, 0.2) is 78.9 Å². The fourth-order valence-electron chi connectivity index (χ4n) is 5.93. The van der Waals surface area contributed by atoms with Crippen molar-refractivity contribution in [3.63, 3.8) is 0 Å². The quantitative estimate of drug-likeness (QED) is 0.604. The summed E-state index contributed by atoms with van der Waals surface area (Å²) in [6.45, 7) is 0. The third-order valence-electron chi connectivity index (χ3n) is 7.30. The summed E-state index contributed by atoms with van der Waals surface area (Å²) in [5, 5.41) is 33.4. The van der Waals surface area contributed by atoms with E-state index in [2.05, 4.69) is 12.1 Å². The zero-order chi connectivity index (χ0) is 20.7. The Morgan fingerprint density at radius 2 is 1.60 bits per heavy atom. The number of phenols is 1. The number of hydrogen-bond acceptors (Lipinski definition) is 3. The van der Waals surface area contributed by atoms with Crippen LogP contribution in [0.4, 0.5) is 0 Å². The molecule has 0 aliphatic heterocycles. The Morgan fingerprint density at radius 3 is 2.33 bits per heavy atom. The molecule has 0 aromatic heterocycles. The second-order valence-corrected chi connectivity index (χ2v) is 9.00. The smallest absolute Gasteiger partial charge is 0.116 e. The highest BCUT2D eigenvalue weighted by molar-refractivity contribution is 5.42. The van der Waals surface area contributed by atoms with E-state index in [1.165, 1.54) is 16.7 Å². The predicted octanol–water partition coefficient (Wildman–Crippen LogP) is 4.55. The van der Waals surface area contributed by atoms with Crippen molar-refractivity contribution in [2.45, 2.75) is 43.3 Å². The van der Waals surface area contributed by atoms with Crippen LogP contribution in [-0.4, -0.2) is 21.4 Å². The third-order valence-corrected chi connectivity index (χ3v) is 7.30. The van der Waals surface area contributed by atoms with Crippen LogP contribution in [0.5, 0.6) is 5.75 Å². The fourth-order valence-corrected chi connectivity index (χ4v) is 5.93. The van der Waals surface area contributed by atoms with Crippen LogP contribution in [0.3, 0.4) is 0 Å². The van der Waals surface area contributed by atoms with Crippen LogP contribution < -0.4 is 0 Å². The lowest BCUT2D eigenvalue weighted by atomic mass is 9.56. The van der Waals surface area contributed by atoms with Gasteiger partial charge in [-0.25, -0.2) is 0 Å². The van der Waals surface area contributed by atoms with Crippen molar-refractivity contribution in [3.05, 3.63) is 101 Å². The second-order valence-electron chi connectivity index (χ2n) is 9.00. The SMILES string of the molecule is Oc1ccc2c(c1)CC[C@@H]1C[C@@](O)(c3ccccc3)[C@@H](O)[C@@H](Cc3ccccc3)[C@H]21. The average Bonchev–Trinajstić information content (AvgIpc) is 2.78. The number of phenolic OH excluding ortho intramolecular Hbond substituents is 1. The second kappa shape index (κ2) is 7.57. The van der Waals surface area contributed by atoms with Crippen molar-refractivity contribution in [1.82, 2.24) is 0 Å². The molecule has 3 N–H and O–H groups in total. The number of fused-ring (bicyclic) bond motifs is 3. The largest absolute Gasteiger partial charge is 0.508 e. The molecule has 1 fully saturated rings. The zero-order valence-corrected chi connectivity index (χ0v) is 17.0. The average molecular weight is 401 g/mol. The molecule has 3 aromatic rings. The first-order valence-corrected chi connectivity index (χ1v) is 10.9. The van der Waals surface area contributed by atoms with Gasteiger partial charge in [-0.15, -0.1) is 0 Å². The van der Waals surface area contributed by atoms with Crippen LogP contribution >= 0.6 is 0 Å². The Morgan fingerprint density at radius 1 is 0.900 bits per heavy atom. The molecule has 0 bridgehead atoms. The molecule has 3 heteroatoms. The van der Waals surface area contributed by atoms with Crippen molar-refractivity contribution in [2.75, 3.05) is 0 Å². The van der Waals surface area contributed by atoms with Crippen molar-refractivity contribution in [1.29, 1.82) is 0 Å². The molecule has 5 rings (SSSR count). The zero-order valence-electron chi connectivity index (χ0n) is 17.0. The van der Waals surface area contributed by atoms with Gasteiger partial charge in [0.15, 0.2) is 0 Å². The summed E-state index contributed by atoms with van der Waals surface area (Å²) in [5.74, 6) is 0.627. The van der Waals surface area contributed by atoms with E-state index in [-0.39, 0.29) is 17.8 Å². The highest BCUT2D eigenvalue weighted by Gasteiger charge is 2.54. The van der Waals surface area contributed by atoms with Gasteiger partial charge in [-0.1, -0.05) is 66.7 Å². The molecule has 3 aromatic carbocycles. The Hall–Kier alpha value is -2.62. The molecule has 0 amide bonds. The van der Waals surface area contributed by atoms with E-state index in [9.17, 15) is 15.3 Å². The van der Waals surface area contributed by atoms with Crippen LogP contribution in [-0.2, 0) is 18.4 Å². The minimum atomic E-state index is -1.25. The molecule has 0 spiro atoms. The molecule has 2 aliphatic rings. The summed E-state index contributed by atoms with van der Waals surface area (Å²) in [5.41, 5.74) is 3.11. The van der Waals surface area contributed by atoms with Crippen molar-refractivity contribution in [3.8, 4) is 5.75 Å². The molecular formula is C27H28O3. The summed E-state index contributed by atoms with van der Waals surface area (Å²) in [4.78, 5) is 0. The summed E-state index contributed by atoms with van der Waals surface area (Å²) < 4.78 is 0. The molecule has 5 atom stereocenters. The molecule has 30 heavy (non-hydrogen) atoms. The maximum Gasteiger partial charge on any atom is 0.116 e. The fraction of sp³-hybridized carbons (Fsp3) is 0.333. The van der Waals surface area contributed by atoms with E-state index in [0.29, 0.717) is 18.6 Å². The Bertz CT molecular complexity index is 1020. The summed E-state index contributed by atoms with van der Waals surface area (Å²) in [6.07, 6.45) is 2.23. The summed E-state index contributed by atoms with van der Waals surface area (Å²) >= 11 is 0. The van der Waals surface area contributed by atoms with Crippen LogP contribution in [0.25, 0.3) is 0 Å². The minimum Gasteiger partial charge on any atom is -0.508 e. The molecule has 1 saturated carbocycles. The molecule has 0 saturated heterocycles. The lowest BCUT2D eigenvalue weighted by molar-refractivity contribution is -0.156. The molecule has 2 aliphatic carbocycles. The van der Waals surface area contributed by atoms with E-state index in [1.807, 2.05) is 60.7 Å². The van der Waals surface area contributed by atoms with Gasteiger partial charge in [0, 0.05) is 0 Å². The van der Waals surface area contributed by atoms with Gasteiger partial charge in [0.1, 0.15) is 11.4 Å². The maximum absolute atomic E-state index is 11.8. The van der Waals surface area contributed by atoms with Gasteiger partial charge in [-0.3, -0.25) is 0 Å². The van der Waals surface area contributed by atoms with E-state index in [0.717, 1.165) is 18.4 Å². The standard InChI is InChI=1S/C27H28O3/c28-22-13-14-23-19(16-22)11-12-20-17-27(30,21-9-5-2-6-10-21)26(29)24(25(20)23)15-18-7-3-1-4-8-18/h1-10,13-14,16,20,24-26,28-30H,11-12,15,17H2/t20-,24+,25+,26+,27-/m1/s1. The van der Waals surface area contributed by atoms with Crippen molar-refractivity contribution >= 4 is 0 Å². The van der Waals surface area contributed by atoms with E-state index >= 15 is 0 Å². The Balaban J connectivity index is 1.60. The monoisotopic (exact) mass is 400 g/mol. The minimum absolute atomic E-state index is 0.111. The number of aliphatic hydroxyl groups is 2. The van der Waals surface area contributed by atoms with Crippen LogP contribution in [0, 0.1) is 11.8 Å². The van der Waals surface area contributed by atoms with Crippen LogP contribution in [0.2, 0.25) is 0 Å². The lowest BCUT2D eigenvalue weighted by Gasteiger charge is -2.52. The predicted molar refractivity (Wildman–Crippen MR) is 117 cm³/mol. The van der Waals surface area contributed by atoms with Gasteiger partial charge in [-0.05, 0) is 77.8 Å². The number of aromatic hydroxyl groups is 1. The van der Waals surface area contributed by atoms with E-state index in [1.54, 1.807) is 6.07 Å². The number of rotatable bonds is 3. The molecule has 0 unspecified atom stereocenters. The van der Waals surface area contributed by atoms with Gasteiger partial charge in [0.05, 0.1) is 6.10 Å². The van der Waals surface area contributed by atoms with Gasteiger partial charge in [-0.2, -0.15) is 0 Å². The number of hydrogen-bond donors (Lipinski definition) is 3. The highest BCUT2D eigenvalue weighted by Crippen LogP contribution is 2.55. The first-order chi connectivity index (χ1) is 14.6. The van der Waals surface area contributed by atoms with Crippen LogP contribution in [0.1, 0.15) is 41.0 Å². The topological polar surface area (TPSA) is 60.7 Å². The third kappa shape index (κ3) is 3.23. The van der Waals surface area contributed by atoms with E-state index in [4.69, 9.17) is 0 Å². The first kappa shape index (κ1) is 19.3. The number of benzene rings is 3. The van der Waals surface area contributed by atoms with Crippen molar-refractivity contribution in [2.24, 2.45) is 11.8 Å². The molecule has 3 nitrogen and oxygen atoms in total. The molecule has 154 valence electrons.